The van der Waals surface area contributed by atoms with Crippen molar-refractivity contribution in [3.63, 3.8) is 0 Å². The number of hydrogen-bond acceptors (Lipinski definition) is 6. The Labute approximate surface area is 188 Å². The number of aromatic nitrogens is 1. The zero-order valence-electron chi connectivity index (χ0n) is 18.7. The van der Waals surface area contributed by atoms with Crippen molar-refractivity contribution in [2.75, 3.05) is 46.4 Å². The van der Waals surface area contributed by atoms with E-state index in [0.717, 1.165) is 44.0 Å². The predicted molar refractivity (Wildman–Crippen MR) is 124 cm³/mol. The van der Waals surface area contributed by atoms with Crippen molar-refractivity contribution < 1.29 is 14.1 Å². The molecule has 2 heterocycles. The van der Waals surface area contributed by atoms with Gasteiger partial charge in [-0.15, -0.1) is 0 Å². The molecule has 1 amide bonds. The first kappa shape index (κ1) is 22.0. The molecule has 0 radical (unpaired) electrons. The molecule has 1 aromatic heterocycles. The number of methoxy groups -OCH3 is 1. The van der Waals surface area contributed by atoms with E-state index >= 15 is 0 Å². The van der Waals surface area contributed by atoms with Crippen LogP contribution in [0.5, 0.6) is 5.75 Å². The minimum atomic E-state index is -0.235. The van der Waals surface area contributed by atoms with Crippen LogP contribution in [-0.4, -0.2) is 67.2 Å². The molecule has 7 heteroatoms. The summed E-state index contributed by atoms with van der Waals surface area (Å²) in [4.78, 5) is 17.7. The molecule has 2 aromatic carbocycles. The lowest BCUT2D eigenvalue weighted by molar-refractivity contribution is 0.0849. The van der Waals surface area contributed by atoms with Crippen molar-refractivity contribution in [1.82, 2.24) is 20.3 Å². The zero-order chi connectivity index (χ0) is 22.3. The van der Waals surface area contributed by atoms with Crippen LogP contribution in [0, 0.1) is 0 Å². The summed E-state index contributed by atoms with van der Waals surface area (Å²) in [5.41, 5.74) is 2.32. The molecule has 168 valence electrons. The molecule has 32 heavy (non-hydrogen) atoms. The molecule has 1 atom stereocenters. The number of nitrogens with zero attached hydrogens (tertiary/aromatic N) is 3. The van der Waals surface area contributed by atoms with Gasteiger partial charge >= 0.3 is 0 Å². The third kappa shape index (κ3) is 5.18. The van der Waals surface area contributed by atoms with Gasteiger partial charge in [-0.1, -0.05) is 42.4 Å². The Balaban J connectivity index is 1.42. The second-order valence-corrected chi connectivity index (χ2v) is 7.91. The van der Waals surface area contributed by atoms with Gasteiger partial charge in [0.2, 0.25) is 0 Å². The number of nitrogens with one attached hydrogen (secondary N) is 1. The smallest absolute Gasteiger partial charge is 0.273 e. The number of piperazine rings is 1. The number of ether oxygens (including phenoxy) is 1. The fraction of sp³-hybridized carbons (Fsp3) is 0.360. The average molecular weight is 435 g/mol. The van der Waals surface area contributed by atoms with Crippen molar-refractivity contribution in [3.05, 3.63) is 71.9 Å². The lowest BCUT2D eigenvalue weighted by Gasteiger charge is -2.39. The number of benzene rings is 2. The number of hydrogen-bond donors (Lipinski definition) is 1. The van der Waals surface area contributed by atoms with Gasteiger partial charge in [0.1, 0.15) is 5.75 Å². The van der Waals surface area contributed by atoms with Crippen molar-refractivity contribution in [2.45, 2.75) is 13.0 Å². The standard InChI is InChI=1S/C25H30N4O3/c1-3-28-13-15-29(16-14-28)23(19-7-5-4-6-8-19)18-26-25(30)22-17-24(32-27-22)20-9-11-21(31-2)12-10-20/h4-12,17,23H,3,13-16,18H2,1-2H3,(H,26,30)/t23-/m0/s1. The van der Waals surface area contributed by atoms with Crippen molar-refractivity contribution in [2.24, 2.45) is 0 Å². The highest BCUT2D eigenvalue weighted by molar-refractivity contribution is 5.93. The van der Waals surface area contributed by atoms with E-state index in [1.165, 1.54) is 5.56 Å². The van der Waals surface area contributed by atoms with Crippen LogP contribution in [0.4, 0.5) is 0 Å². The second-order valence-electron chi connectivity index (χ2n) is 7.91. The molecule has 0 spiro atoms. The van der Waals surface area contributed by atoms with E-state index in [2.05, 4.69) is 39.3 Å². The van der Waals surface area contributed by atoms with Gasteiger partial charge in [-0.2, -0.15) is 0 Å². The Morgan fingerprint density at radius 1 is 1.09 bits per heavy atom. The van der Waals surface area contributed by atoms with E-state index in [1.54, 1.807) is 13.2 Å². The summed E-state index contributed by atoms with van der Waals surface area (Å²) in [5.74, 6) is 1.08. The van der Waals surface area contributed by atoms with Crippen LogP contribution in [0.15, 0.2) is 65.2 Å². The van der Waals surface area contributed by atoms with Gasteiger partial charge in [0.15, 0.2) is 11.5 Å². The van der Waals surface area contributed by atoms with Crippen molar-refractivity contribution in [3.8, 4) is 17.1 Å². The second kappa shape index (κ2) is 10.4. The van der Waals surface area contributed by atoms with E-state index in [1.807, 2.05) is 42.5 Å². The minimum absolute atomic E-state index is 0.118. The third-order valence-electron chi connectivity index (χ3n) is 6.05. The number of likely N-dealkylation sites (N-methyl/N-ethyl adjacent to an activating group) is 1. The fourth-order valence-corrected chi connectivity index (χ4v) is 4.08. The Morgan fingerprint density at radius 3 is 2.47 bits per heavy atom. The Bertz CT molecular complexity index is 996. The molecule has 1 saturated heterocycles. The fourth-order valence-electron chi connectivity index (χ4n) is 4.08. The molecular weight excluding hydrogens is 404 g/mol. The highest BCUT2D eigenvalue weighted by Gasteiger charge is 2.25. The molecule has 0 aliphatic carbocycles. The summed E-state index contributed by atoms with van der Waals surface area (Å²) < 4.78 is 10.6. The normalized spacial score (nSPS) is 15.9. The van der Waals surface area contributed by atoms with Gasteiger partial charge in [0.05, 0.1) is 13.2 Å². The monoisotopic (exact) mass is 434 g/mol. The summed E-state index contributed by atoms with van der Waals surface area (Å²) in [6, 6.07) is 19.6. The molecule has 1 aliphatic rings. The van der Waals surface area contributed by atoms with Gasteiger partial charge < -0.3 is 19.5 Å². The highest BCUT2D eigenvalue weighted by atomic mass is 16.5. The summed E-state index contributed by atoms with van der Waals surface area (Å²) in [6.07, 6.45) is 0. The summed E-state index contributed by atoms with van der Waals surface area (Å²) in [5, 5.41) is 7.05. The van der Waals surface area contributed by atoms with Crippen LogP contribution >= 0.6 is 0 Å². The van der Waals surface area contributed by atoms with E-state index in [-0.39, 0.29) is 17.6 Å². The van der Waals surface area contributed by atoms with E-state index in [0.29, 0.717) is 12.3 Å². The van der Waals surface area contributed by atoms with Crippen molar-refractivity contribution in [1.29, 1.82) is 0 Å². The number of rotatable bonds is 8. The molecule has 1 aliphatic heterocycles. The lowest BCUT2D eigenvalue weighted by Crippen LogP contribution is -2.49. The minimum Gasteiger partial charge on any atom is -0.497 e. The molecule has 7 nitrogen and oxygen atoms in total. The van der Waals surface area contributed by atoms with Crippen LogP contribution in [0.3, 0.4) is 0 Å². The van der Waals surface area contributed by atoms with E-state index in [4.69, 9.17) is 9.26 Å². The van der Waals surface area contributed by atoms with Crippen LogP contribution in [0.25, 0.3) is 11.3 Å². The van der Waals surface area contributed by atoms with E-state index < -0.39 is 0 Å². The maximum absolute atomic E-state index is 12.8. The maximum Gasteiger partial charge on any atom is 0.273 e. The lowest BCUT2D eigenvalue weighted by atomic mass is 10.0. The molecule has 0 bridgehead atoms. The molecule has 0 saturated carbocycles. The Kier molecular flexibility index (Phi) is 7.19. The van der Waals surface area contributed by atoms with E-state index in [9.17, 15) is 4.79 Å². The summed E-state index contributed by atoms with van der Waals surface area (Å²) in [7, 11) is 1.62. The maximum atomic E-state index is 12.8. The summed E-state index contributed by atoms with van der Waals surface area (Å²) in [6.45, 7) is 7.83. The molecule has 3 aromatic rings. The topological polar surface area (TPSA) is 70.8 Å². The van der Waals surface area contributed by atoms with Gasteiger partial charge in [-0.05, 0) is 36.4 Å². The zero-order valence-corrected chi connectivity index (χ0v) is 18.7. The van der Waals surface area contributed by atoms with Gasteiger partial charge in [-0.3, -0.25) is 9.69 Å². The van der Waals surface area contributed by atoms with Crippen LogP contribution in [0.2, 0.25) is 0 Å². The average Bonchev–Trinajstić information content (AvgIpc) is 3.36. The number of carbonyl (C=O) groups excluding carboxylic acids is 1. The number of amides is 1. The first-order valence-corrected chi connectivity index (χ1v) is 11.1. The third-order valence-corrected chi connectivity index (χ3v) is 6.05. The molecule has 1 N–H and O–H groups in total. The molecule has 1 fully saturated rings. The van der Waals surface area contributed by atoms with Gasteiger partial charge in [-0.25, -0.2) is 0 Å². The first-order valence-electron chi connectivity index (χ1n) is 11.1. The van der Waals surface area contributed by atoms with Crippen LogP contribution in [0.1, 0.15) is 29.0 Å². The largest absolute Gasteiger partial charge is 0.497 e. The molecule has 0 unspecified atom stereocenters. The quantitative estimate of drug-likeness (QED) is 0.586. The Hall–Kier alpha value is -3.16. The molecular formula is C25H30N4O3. The Morgan fingerprint density at radius 2 is 1.81 bits per heavy atom. The predicted octanol–water partition coefficient (Wildman–Crippen LogP) is 3.46. The molecule has 4 rings (SSSR count). The van der Waals surface area contributed by atoms with Crippen LogP contribution in [-0.2, 0) is 0 Å². The van der Waals surface area contributed by atoms with Crippen molar-refractivity contribution >= 4 is 5.91 Å². The SMILES string of the molecule is CCN1CCN([C@@H](CNC(=O)c2cc(-c3ccc(OC)cc3)on2)c2ccccc2)CC1. The first-order chi connectivity index (χ1) is 15.7. The van der Waals surface area contributed by atoms with Gasteiger partial charge in [0, 0.05) is 44.4 Å². The number of carbonyl (C=O) groups is 1. The van der Waals surface area contributed by atoms with Gasteiger partial charge in [0.25, 0.3) is 5.91 Å². The highest BCUT2D eigenvalue weighted by Crippen LogP contribution is 2.24. The van der Waals surface area contributed by atoms with Crippen LogP contribution < -0.4 is 10.1 Å². The summed E-state index contributed by atoms with van der Waals surface area (Å²) >= 11 is 0.